The molecule has 0 amide bonds. The molecular formula is C19H27N7. The van der Waals surface area contributed by atoms with E-state index in [2.05, 4.69) is 43.4 Å². The number of aromatic amines is 1. The maximum atomic E-state index is 4.72. The third-order valence-corrected chi connectivity index (χ3v) is 5.94. The van der Waals surface area contributed by atoms with Crippen LogP contribution in [0.25, 0.3) is 0 Å². The van der Waals surface area contributed by atoms with Gasteiger partial charge in [-0.05, 0) is 44.6 Å². The van der Waals surface area contributed by atoms with E-state index in [0.29, 0.717) is 12.0 Å². The summed E-state index contributed by atoms with van der Waals surface area (Å²) in [7, 11) is 2.12. The summed E-state index contributed by atoms with van der Waals surface area (Å²) in [4.78, 5) is 14.1. The van der Waals surface area contributed by atoms with Crippen molar-refractivity contribution in [2.24, 2.45) is 0 Å². The fraction of sp³-hybridized carbons (Fsp3) is 0.632. The Balaban J connectivity index is 1.23. The van der Waals surface area contributed by atoms with E-state index in [4.69, 9.17) is 4.98 Å². The minimum Gasteiger partial charge on any atom is -0.341 e. The molecule has 2 N–H and O–H groups in total. The lowest BCUT2D eigenvalue weighted by Crippen LogP contribution is -2.44. The summed E-state index contributed by atoms with van der Waals surface area (Å²) in [6.07, 6.45) is 9.54. The Morgan fingerprint density at radius 2 is 1.92 bits per heavy atom. The molecule has 3 heterocycles. The minimum absolute atomic E-state index is 0.520. The number of rotatable bonds is 6. The number of nitrogens with one attached hydrogen (secondary N) is 2. The highest BCUT2D eigenvalue weighted by molar-refractivity contribution is 5.53. The molecule has 3 aliphatic rings. The Morgan fingerprint density at radius 3 is 2.65 bits per heavy atom. The lowest BCUT2D eigenvalue weighted by atomic mass is 10.0. The molecule has 26 heavy (non-hydrogen) atoms. The summed E-state index contributed by atoms with van der Waals surface area (Å²) in [6, 6.07) is 5.39. The Kier molecular flexibility index (Phi) is 4.04. The number of likely N-dealkylation sites (tertiary alicyclic amines) is 1. The molecule has 2 aromatic rings. The fourth-order valence-corrected chi connectivity index (χ4v) is 3.96. The maximum Gasteiger partial charge on any atom is 0.227 e. The van der Waals surface area contributed by atoms with Gasteiger partial charge in [0.05, 0.1) is 0 Å². The van der Waals surface area contributed by atoms with Crippen LogP contribution in [0.5, 0.6) is 0 Å². The van der Waals surface area contributed by atoms with Crippen molar-refractivity contribution in [2.45, 2.75) is 56.5 Å². The Bertz CT molecular complexity index is 757. The second kappa shape index (κ2) is 6.54. The van der Waals surface area contributed by atoms with Crippen LogP contribution in [-0.2, 0) is 0 Å². The number of hydrogen-bond donors (Lipinski definition) is 2. The molecule has 0 unspecified atom stereocenters. The van der Waals surface area contributed by atoms with Crippen LogP contribution in [0.4, 0.5) is 17.6 Å². The Morgan fingerprint density at radius 1 is 1.12 bits per heavy atom. The zero-order chi connectivity index (χ0) is 17.5. The number of nitrogens with zero attached hydrogens (tertiary/aromatic N) is 5. The predicted octanol–water partition coefficient (Wildman–Crippen LogP) is 2.88. The summed E-state index contributed by atoms with van der Waals surface area (Å²) < 4.78 is 0. The number of piperidine rings is 1. The van der Waals surface area contributed by atoms with E-state index in [1.165, 1.54) is 57.3 Å². The highest BCUT2D eigenvalue weighted by atomic mass is 15.3. The Labute approximate surface area is 154 Å². The van der Waals surface area contributed by atoms with E-state index in [0.717, 1.165) is 23.6 Å². The van der Waals surface area contributed by atoms with Crippen LogP contribution in [0.2, 0.25) is 0 Å². The zero-order valence-corrected chi connectivity index (χ0v) is 15.4. The summed E-state index contributed by atoms with van der Waals surface area (Å²) in [6.45, 7) is 2.41. The van der Waals surface area contributed by atoms with Crippen molar-refractivity contribution in [1.29, 1.82) is 0 Å². The second-order valence-electron chi connectivity index (χ2n) is 7.96. The van der Waals surface area contributed by atoms with E-state index in [-0.39, 0.29) is 0 Å². The summed E-state index contributed by atoms with van der Waals surface area (Å²) in [5.74, 6) is 3.09. The molecule has 1 aliphatic heterocycles. The molecule has 1 saturated heterocycles. The molecule has 138 valence electrons. The number of aromatic nitrogens is 4. The van der Waals surface area contributed by atoms with Gasteiger partial charge in [0.15, 0.2) is 5.82 Å². The summed E-state index contributed by atoms with van der Waals surface area (Å²) >= 11 is 0. The van der Waals surface area contributed by atoms with Gasteiger partial charge in [-0.3, -0.25) is 5.10 Å². The third-order valence-electron chi connectivity index (χ3n) is 5.94. The van der Waals surface area contributed by atoms with Crippen molar-refractivity contribution in [3.8, 4) is 0 Å². The molecule has 2 aliphatic carbocycles. The van der Waals surface area contributed by atoms with Crippen LogP contribution in [0.15, 0.2) is 18.3 Å². The third kappa shape index (κ3) is 3.40. The predicted molar refractivity (Wildman–Crippen MR) is 102 cm³/mol. The number of anilines is 3. The van der Waals surface area contributed by atoms with E-state index >= 15 is 0 Å². The lowest BCUT2D eigenvalue weighted by Gasteiger charge is -2.36. The molecule has 7 nitrogen and oxygen atoms in total. The van der Waals surface area contributed by atoms with Gasteiger partial charge in [-0.2, -0.15) is 10.1 Å². The van der Waals surface area contributed by atoms with Gasteiger partial charge in [-0.15, -0.1) is 0 Å². The van der Waals surface area contributed by atoms with Crippen LogP contribution < -0.4 is 10.2 Å². The van der Waals surface area contributed by atoms with Gasteiger partial charge < -0.3 is 15.1 Å². The summed E-state index contributed by atoms with van der Waals surface area (Å²) in [5.41, 5.74) is 1.22. The fourth-order valence-electron chi connectivity index (χ4n) is 3.96. The van der Waals surface area contributed by atoms with Crippen LogP contribution in [0.3, 0.4) is 0 Å². The standard InChI is InChI=1S/C19H27N7/c1-25(14-7-10-26(11-8-14)15-4-5-15)19-20-9-6-17(22-19)21-18-12-16(23-24-18)13-2-3-13/h6,9,12-15H,2-5,7-8,10-11H2,1H3,(H2,20,21,22,23,24). The first kappa shape index (κ1) is 16.1. The molecule has 0 aromatic carbocycles. The molecule has 0 atom stereocenters. The smallest absolute Gasteiger partial charge is 0.227 e. The number of H-pyrrole nitrogens is 1. The topological polar surface area (TPSA) is 73.0 Å². The normalized spacial score (nSPS) is 21.7. The highest BCUT2D eigenvalue weighted by Gasteiger charge is 2.33. The molecule has 0 bridgehead atoms. The van der Waals surface area contributed by atoms with Gasteiger partial charge in [0.2, 0.25) is 5.95 Å². The quantitative estimate of drug-likeness (QED) is 0.832. The minimum atomic E-state index is 0.520. The van der Waals surface area contributed by atoms with E-state index in [1.807, 2.05) is 12.3 Å². The van der Waals surface area contributed by atoms with Crippen molar-refractivity contribution in [1.82, 2.24) is 25.1 Å². The molecule has 2 saturated carbocycles. The highest BCUT2D eigenvalue weighted by Crippen LogP contribution is 2.39. The van der Waals surface area contributed by atoms with Gasteiger partial charge in [0, 0.05) is 56.1 Å². The average Bonchev–Trinajstić information content (AvgIpc) is 3.60. The lowest BCUT2D eigenvalue weighted by molar-refractivity contribution is 0.201. The van der Waals surface area contributed by atoms with Gasteiger partial charge in [-0.25, -0.2) is 4.98 Å². The monoisotopic (exact) mass is 353 g/mol. The van der Waals surface area contributed by atoms with Crippen molar-refractivity contribution in [2.75, 3.05) is 30.4 Å². The van der Waals surface area contributed by atoms with Crippen molar-refractivity contribution in [3.05, 3.63) is 24.0 Å². The molecule has 2 aromatic heterocycles. The zero-order valence-electron chi connectivity index (χ0n) is 15.4. The van der Waals surface area contributed by atoms with Crippen LogP contribution in [0.1, 0.15) is 50.1 Å². The van der Waals surface area contributed by atoms with Crippen molar-refractivity contribution in [3.63, 3.8) is 0 Å². The first-order chi connectivity index (χ1) is 12.8. The first-order valence-electron chi connectivity index (χ1n) is 9.88. The van der Waals surface area contributed by atoms with Crippen LogP contribution in [-0.4, -0.2) is 57.3 Å². The van der Waals surface area contributed by atoms with Crippen molar-refractivity contribution < 1.29 is 0 Å². The second-order valence-corrected chi connectivity index (χ2v) is 7.96. The van der Waals surface area contributed by atoms with Crippen LogP contribution in [0, 0.1) is 0 Å². The summed E-state index contributed by atoms with van der Waals surface area (Å²) in [5, 5.41) is 10.8. The van der Waals surface area contributed by atoms with Crippen molar-refractivity contribution >= 4 is 17.6 Å². The van der Waals surface area contributed by atoms with Gasteiger partial charge >= 0.3 is 0 Å². The first-order valence-corrected chi connectivity index (χ1v) is 9.88. The molecule has 7 heteroatoms. The van der Waals surface area contributed by atoms with E-state index in [1.54, 1.807) is 0 Å². The molecule has 0 radical (unpaired) electrons. The van der Waals surface area contributed by atoms with E-state index in [9.17, 15) is 0 Å². The largest absolute Gasteiger partial charge is 0.341 e. The SMILES string of the molecule is CN(c1nccc(Nc2cc(C3CC3)[nH]n2)n1)C1CCN(C2CC2)CC1. The van der Waals surface area contributed by atoms with E-state index < -0.39 is 0 Å². The molecule has 5 rings (SSSR count). The molecule has 0 spiro atoms. The maximum absolute atomic E-state index is 4.72. The van der Waals surface area contributed by atoms with Gasteiger partial charge in [-0.1, -0.05) is 0 Å². The average molecular weight is 353 g/mol. The Hall–Kier alpha value is -2.15. The number of hydrogen-bond acceptors (Lipinski definition) is 6. The molecule has 3 fully saturated rings. The van der Waals surface area contributed by atoms with Gasteiger partial charge in [0.1, 0.15) is 5.82 Å². The molecular weight excluding hydrogens is 326 g/mol. The van der Waals surface area contributed by atoms with Gasteiger partial charge in [0.25, 0.3) is 0 Å². The van der Waals surface area contributed by atoms with Crippen LogP contribution >= 0.6 is 0 Å².